The molecule has 0 atom stereocenters. The summed E-state index contributed by atoms with van der Waals surface area (Å²) >= 11 is 4.94. The van der Waals surface area contributed by atoms with Gasteiger partial charge in [-0.3, -0.25) is 5.43 Å². The van der Waals surface area contributed by atoms with Crippen LogP contribution < -0.4 is 15.5 Å². The largest absolute Gasteiger partial charge is 0.482 e. The first kappa shape index (κ1) is 14.9. The van der Waals surface area contributed by atoms with Crippen molar-refractivity contribution in [3.8, 4) is 5.75 Å². The van der Waals surface area contributed by atoms with Crippen LogP contribution in [0, 0.1) is 0 Å². The van der Waals surface area contributed by atoms with Crippen molar-refractivity contribution < 1.29 is 14.6 Å². The van der Waals surface area contributed by atoms with Gasteiger partial charge in [-0.25, -0.2) is 4.79 Å². The number of hydrazone groups is 1. The molecular weight excluding hydrogens is 266 g/mol. The minimum atomic E-state index is -1.01. The molecule has 3 N–H and O–H groups in total. The Morgan fingerprint density at radius 1 is 1.47 bits per heavy atom. The van der Waals surface area contributed by atoms with Crippen molar-refractivity contribution in [3.05, 3.63) is 29.8 Å². The first-order chi connectivity index (χ1) is 9.11. The van der Waals surface area contributed by atoms with Crippen LogP contribution in [0.4, 0.5) is 0 Å². The van der Waals surface area contributed by atoms with Crippen molar-refractivity contribution >= 4 is 29.5 Å². The van der Waals surface area contributed by atoms with Gasteiger partial charge < -0.3 is 15.2 Å². The second-order valence-electron chi connectivity index (χ2n) is 3.48. The molecule has 0 aliphatic rings. The highest BCUT2D eigenvalue weighted by Crippen LogP contribution is 2.10. The Labute approximate surface area is 116 Å². The van der Waals surface area contributed by atoms with Crippen LogP contribution in [0.15, 0.2) is 29.4 Å². The summed E-state index contributed by atoms with van der Waals surface area (Å²) in [6.07, 6.45) is 1.60. The molecule has 1 aromatic carbocycles. The standard InChI is InChI=1S/C12H15N3O3S/c1-2-13-12(19)15-14-7-9-3-5-10(6-4-9)18-8-11(16)17/h3-7H,2,8H2,1H3,(H,16,17)(H2,13,15,19). The van der Waals surface area contributed by atoms with E-state index in [1.54, 1.807) is 30.5 Å². The number of aliphatic carboxylic acids is 1. The molecule has 0 fully saturated rings. The number of carbonyl (C=O) groups is 1. The van der Waals surface area contributed by atoms with Crippen molar-refractivity contribution in [1.82, 2.24) is 10.7 Å². The maximum absolute atomic E-state index is 10.3. The zero-order valence-corrected chi connectivity index (χ0v) is 11.2. The van der Waals surface area contributed by atoms with Crippen LogP contribution in [-0.2, 0) is 4.79 Å². The molecule has 0 saturated carbocycles. The molecule has 7 heteroatoms. The lowest BCUT2D eigenvalue weighted by molar-refractivity contribution is -0.139. The number of ether oxygens (including phenoxy) is 1. The molecule has 0 heterocycles. The van der Waals surface area contributed by atoms with Gasteiger partial charge in [0.15, 0.2) is 11.7 Å². The number of carboxylic acids is 1. The van der Waals surface area contributed by atoms with E-state index < -0.39 is 5.97 Å². The summed E-state index contributed by atoms with van der Waals surface area (Å²) in [5.74, 6) is -0.512. The average Bonchev–Trinajstić information content (AvgIpc) is 2.38. The summed E-state index contributed by atoms with van der Waals surface area (Å²) in [5, 5.41) is 15.8. The molecule has 0 saturated heterocycles. The molecule has 19 heavy (non-hydrogen) atoms. The van der Waals surface area contributed by atoms with Crippen molar-refractivity contribution in [3.63, 3.8) is 0 Å². The van der Waals surface area contributed by atoms with Crippen LogP contribution in [0.2, 0.25) is 0 Å². The summed E-state index contributed by atoms with van der Waals surface area (Å²) in [6.45, 7) is 2.32. The summed E-state index contributed by atoms with van der Waals surface area (Å²) in [6, 6.07) is 6.87. The molecule has 0 spiro atoms. The fourth-order valence-corrected chi connectivity index (χ4v) is 1.36. The van der Waals surface area contributed by atoms with Gasteiger partial charge in [0.2, 0.25) is 0 Å². The summed E-state index contributed by atoms with van der Waals surface area (Å²) in [7, 11) is 0. The summed E-state index contributed by atoms with van der Waals surface area (Å²) in [4.78, 5) is 10.3. The monoisotopic (exact) mass is 281 g/mol. The maximum Gasteiger partial charge on any atom is 0.341 e. The number of carboxylic acid groups (broad SMARTS) is 1. The molecule has 1 rings (SSSR count). The maximum atomic E-state index is 10.3. The van der Waals surface area contributed by atoms with Crippen LogP contribution in [0.25, 0.3) is 0 Å². The fraction of sp³-hybridized carbons (Fsp3) is 0.250. The fourth-order valence-electron chi connectivity index (χ4n) is 1.16. The van der Waals surface area contributed by atoms with Crippen LogP contribution in [0.1, 0.15) is 12.5 Å². The van der Waals surface area contributed by atoms with E-state index in [9.17, 15) is 4.79 Å². The third-order valence-electron chi connectivity index (χ3n) is 1.96. The number of hydrogen-bond acceptors (Lipinski definition) is 4. The van der Waals surface area contributed by atoms with Crippen molar-refractivity contribution in [2.45, 2.75) is 6.92 Å². The van der Waals surface area contributed by atoms with E-state index in [-0.39, 0.29) is 6.61 Å². The molecule has 0 aromatic heterocycles. The van der Waals surface area contributed by atoms with Gasteiger partial charge in [-0.05, 0) is 49.0 Å². The van der Waals surface area contributed by atoms with E-state index >= 15 is 0 Å². The van der Waals surface area contributed by atoms with E-state index in [0.29, 0.717) is 10.9 Å². The molecule has 102 valence electrons. The van der Waals surface area contributed by atoms with Crippen LogP contribution in [-0.4, -0.2) is 35.6 Å². The Kier molecular flexibility index (Phi) is 6.31. The van der Waals surface area contributed by atoms with Crippen molar-refractivity contribution in [2.75, 3.05) is 13.2 Å². The Hall–Kier alpha value is -2.15. The Bertz CT molecular complexity index is 460. The van der Waals surface area contributed by atoms with Crippen LogP contribution in [0.3, 0.4) is 0 Å². The third kappa shape index (κ3) is 6.37. The highest BCUT2D eigenvalue weighted by atomic mass is 32.1. The van der Waals surface area contributed by atoms with Gasteiger partial charge in [0.1, 0.15) is 5.75 Å². The van der Waals surface area contributed by atoms with Crippen molar-refractivity contribution in [1.29, 1.82) is 0 Å². The Morgan fingerprint density at radius 2 is 2.16 bits per heavy atom. The lowest BCUT2D eigenvalue weighted by Gasteiger charge is -2.04. The molecule has 6 nitrogen and oxygen atoms in total. The second kappa shape index (κ2) is 8.04. The zero-order chi connectivity index (χ0) is 14.1. The number of rotatable bonds is 6. The van der Waals surface area contributed by atoms with Gasteiger partial charge in [0, 0.05) is 6.54 Å². The average molecular weight is 281 g/mol. The van der Waals surface area contributed by atoms with E-state index in [1.165, 1.54) is 0 Å². The van der Waals surface area contributed by atoms with E-state index in [0.717, 1.165) is 12.1 Å². The molecule has 0 aliphatic heterocycles. The van der Waals surface area contributed by atoms with Crippen molar-refractivity contribution in [2.24, 2.45) is 5.10 Å². The van der Waals surface area contributed by atoms with Gasteiger partial charge in [0.25, 0.3) is 0 Å². The summed E-state index contributed by atoms with van der Waals surface area (Å²) in [5.41, 5.74) is 3.51. The van der Waals surface area contributed by atoms with Gasteiger partial charge in [0.05, 0.1) is 6.21 Å². The number of hydrogen-bond donors (Lipinski definition) is 3. The first-order valence-corrected chi connectivity index (χ1v) is 6.04. The lowest BCUT2D eigenvalue weighted by Crippen LogP contribution is -2.31. The molecule has 0 radical (unpaired) electrons. The normalized spacial score (nSPS) is 10.2. The molecular formula is C12H15N3O3S. The predicted molar refractivity (Wildman–Crippen MR) is 76.6 cm³/mol. The second-order valence-corrected chi connectivity index (χ2v) is 3.89. The summed E-state index contributed by atoms with van der Waals surface area (Å²) < 4.78 is 5.01. The number of thiocarbonyl (C=S) groups is 1. The Morgan fingerprint density at radius 3 is 2.74 bits per heavy atom. The first-order valence-electron chi connectivity index (χ1n) is 5.63. The SMILES string of the molecule is CCNC(=S)NN=Cc1ccc(OCC(=O)O)cc1. The van der Waals surface area contributed by atoms with Gasteiger partial charge >= 0.3 is 5.97 Å². The van der Waals surface area contributed by atoms with E-state index in [2.05, 4.69) is 15.8 Å². The predicted octanol–water partition coefficient (Wildman–Crippen LogP) is 0.968. The Balaban J connectivity index is 2.45. The highest BCUT2D eigenvalue weighted by Gasteiger charge is 1.98. The molecule has 1 aromatic rings. The minimum Gasteiger partial charge on any atom is -0.482 e. The smallest absolute Gasteiger partial charge is 0.341 e. The minimum absolute atomic E-state index is 0.355. The molecule has 0 aliphatic carbocycles. The van der Waals surface area contributed by atoms with Crippen LogP contribution >= 0.6 is 12.2 Å². The number of benzene rings is 1. The van der Waals surface area contributed by atoms with E-state index in [4.69, 9.17) is 22.1 Å². The third-order valence-corrected chi connectivity index (χ3v) is 2.20. The molecule has 0 bridgehead atoms. The van der Waals surface area contributed by atoms with E-state index in [1.807, 2.05) is 6.92 Å². The number of nitrogens with one attached hydrogen (secondary N) is 2. The van der Waals surface area contributed by atoms with Gasteiger partial charge in [-0.2, -0.15) is 5.10 Å². The quantitative estimate of drug-likeness (QED) is 0.409. The zero-order valence-electron chi connectivity index (χ0n) is 10.4. The van der Waals surface area contributed by atoms with Gasteiger partial charge in [-0.1, -0.05) is 0 Å². The number of nitrogens with zero attached hydrogens (tertiary/aromatic N) is 1. The van der Waals surface area contributed by atoms with Crippen LogP contribution in [0.5, 0.6) is 5.75 Å². The van der Waals surface area contributed by atoms with Gasteiger partial charge in [-0.15, -0.1) is 0 Å². The molecule has 0 amide bonds. The lowest BCUT2D eigenvalue weighted by atomic mass is 10.2. The highest BCUT2D eigenvalue weighted by molar-refractivity contribution is 7.80. The topological polar surface area (TPSA) is 83.0 Å². The molecule has 0 unspecified atom stereocenters.